The average molecular weight is 1300 g/mol. The molecular formula is C57H75N12NaO18S2. The largest absolute Gasteiger partial charge is 1.00 e. The van der Waals surface area contributed by atoms with E-state index in [0.29, 0.717) is 15.6 Å². The van der Waals surface area contributed by atoms with Gasteiger partial charge in [-0.25, -0.2) is 6.57 Å². The van der Waals surface area contributed by atoms with E-state index in [2.05, 4.69) is 63.0 Å². The van der Waals surface area contributed by atoms with Gasteiger partial charge in [-0.3, -0.25) is 43.3 Å². The molecule has 12 N–H and O–H groups in total. The predicted molar refractivity (Wildman–Crippen MR) is 314 cm³/mol. The van der Waals surface area contributed by atoms with Crippen LogP contribution in [0.15, 0.2) is 54.9 Å². The molecule has 7 rings (SSSR count). The van der Waals surface area contributed by atoms with E-state index in [0.717, 1.165) is 53.8 Å². The number of hydrogen-bond acceptors (Lipinski definition) is 23. The molecule has 3 aliphatic heterocycles. The molecule has 2 aromatic heterocycles. The average Bonchev–Trinajstić information content (AvgIpc) is 1.68. The molecule has 0 saturated carbocycles. The van der Waals surface area contributed by atoms with Gasteiger partial charge in [0.2, 0.25) is 42.0 Å². The summed E-state index contributed by atoms with van der Waals surface area (Å²) in [5.74, 6) is -9.69. The fraction of sp³-hybridized carbons (Fsp3) is 0.561. The minimum atomic E-state index is -2.16. The summed E-state index contributed by atoms with van der Waals surface area (Å²) in [6.07, 6.45) is 0.835. The van der Waals surface area contributed by atoms with Crippen LogP contribution in [0.25, 0.3) is 26.0 Å². The zero-order chi connectivity index (χ0) is 64.5. The van der Waals surface area contributed by atoms with Crippen LogP contribution in [-0.2, 0) is 51.1 Å². The maximum atomic E-state index is 14.6. The number of rotatable bonds is 23. The van der Waals surface area contributed by atoms with Crippen molar-refractivity contribution in [2.24, 2.45) is 5.92 Å². The van der Waals surface area contributed by atoms with Crippen molar-refractivity contribution in [1.29, 1.82) is 0 Å². The molecule has 30 nitrogen and oxygen atoms in total. The standard InChI is InChI=1S/C57H76N12O18S2.Na/c1-5-6-7-8-9-10-11-12-19-67-28-35(24-60-67)55-66-65-54(88-55)34-16-14-33(15-17-34)49(77)61-38-22-36(71)25-59-53(81)47-48(76)30(2)27-69(47)57(83)46(42(75)26-58-4)64-52(80)45(41(74)20-32-13-18-40(73)43(21-32)85-89-87-86-84)63-51(79)39-23-37(72)29-68(39)56(82)44(31(3)70)62-50(38)78;/h13-18,21,24,28,30-31,36-39,41-42,44-48,70-76,84H,5-12,19-20,22-23,25-27,29H2,1-3H3,(H,59,81)(H,61,77)(H,62,78)(H,63,79)(H,64,80);/q;+1/p-1/t30-,31+,36+,37+,38+,39+,41-,42-,44+,45+,46+,47+,48+;/m1./s1. The monoisotopic (exact) mass is 1300 g/mol. The number of phenols is 1. The van der Waals surface area contributed by atoms with Crippen LogP contribution in [0, 0.1) is 12.5 Å². The van der Waals surface area contributed by atoms with Crippen molar-refractivity contribution in [3.05, 3.63) is 77.4 Å². The molecule has 13 atom stereocenters. The summed E-state index contributed by atoms with van der Waals surface area (Å²) in [7, 11) is 0. The number of carbonyl (C=O) groups excluding carboxylic acids is 7. The first-order chi connectivity index (χ1) is 42.6. The Morgan fingerprint density at radius 3 is 2.16 bits per heavy atom. The number of aromatic hydroxyl groups is 1. The second-order valence-electron chi connectivity index (χ2n) is 22.4. The molecular weight excluding hydrogens is 1230 g/mol. The van der Waals surface area contributed by atoms with Crippen molar-refractivity contribution in [3.8, 4) is 32.6 Å². The minimum absolute atomic E-state index is 0. The molecule has 33 heteroatoms. The maximum absolute atomic E-state index is 14.6. The Bertz CT molecular complexity index is 3120. The first kappa shape index (κ1) is 72.6. The Hall–Kier alpha value is -6.42. The van der Waals surface area contributed by atoms with Gasteiger partial charge in [0, 0.05) is 68.7 Å². The summed E-state index contributed by atoms with van der Waals surface area (Å²) in [6.45, 7) is 10.6. The Kier molecular flexibility index (Phi) is 28.1. The number of amides is 7. The molecule has 3 fully saturated rings. The van der Waals surface area contributed by atoms with Crippen molar-refractivity contribution in [2.75, 3.05) is 26.2 Å². The second kappa shape index (κ2) is 34.8. The number of unbranched alkanes of at least 4 members (excludes halogenated alkanes) is 7. The molecule has 0 radical (unpaired) electrons. The van der Waals surface area contributed by atoms with Gasteiger partial charge in [-0.15, -0.1) is 14.5 Å². The number of nitrogens with zero attached hydrogens (tertiary/aromatic N) is 7. The number of aliphatic hydroxyl groups is 6. The molecule has 0 bridgehead atoms. The van der Waals surface area contributed by atoms with Gasteiger partial charge in [0.05, 0.1) is 42.3 Å². The van der Waals surface area contributed by atoms with Gasteiger partial charge in [-0.1, -0.05) is 88.3 Å². The van der Waals surface area contributed by atoms with Gasteiger partial charge >= 0.3 is 29.6 Å². The summed E-state index contributed by atoms with van der Waals surface area (Å²) >= 11 is 1.31. The van der Waals surface area contributed by atoms with Crippen LogP contribution in [0.1, 0.15) is 101 Å². The van der Waals surface area contributed by atoms with Gasteiger partial charge in [-0.2, -0.15) is 5.10 Å². The third kappa shape index (κ3) is 19.3. The number of hydrogen-bond donors (Lipinski definition) is 12. The molecule has 2 aromatic carbocycles. The molecule has 0 unspecified atom stereocenters. The Morgan fingerprint density at radius 1 is 0.822 bits per heavy atom. The number of carbonyl (C=O) groups is 7. The normalized spacial score (nSPS) is 24.8. The predicted octanol–water partition coefficient (Wildman–Crippen LogP) is -4.05. The van der Waals surface area contributed by atoms with Crippen molar-refractivity contribution >= 4 is 65.0 Å². The van der Waals surface area contributed by atoms with Crippen LogP contribution >= 0.6 is 23.7 Å². The Balaban J connectivity index is 0.0000129. The van der Waals surface area contributed by atoms with Crippen LogP contribution < -0.4 is 65.6 Å². The van der Waals surface area contributed by atoms with Gasteiger partial charge < -0.3 is 86.4 Å². The molecule has 5 heterocycles. The molecule has 7 amide bonds. The van der Waals surface area contributed by atoms with Gasteiger partial charge in [0.25, 0.3) is 18.2 Å². The SMILES string of the molecule is [C-]#[N+]C[C@@H](O)[C@@H]1NC(=O)[C@H]([C@H](O)Cc2ccc(O)c(OSOO[O-])c2)NC(=O)[C@@H]2C[C@H](O)CN2C(=O)[C@H]([C@H](C)O)NC(=O)[C@@H](NC(=O)c2ccc(-c3nnc(-c4cnn(CCCCCCCCCC)c4)s3)cc2)C[C@H](O)CNC(=O)[C@@H]2[C@@H](O)[C@H](C)CN2C1=O.[Na+]. The van der Waals surface area contributed by atoms with Crippen LogP contribution in [0.4, 0.5) is 0 Å². The van der Waals surface area contributed by atoms with E-state index in [1.54, 1.807) is 18.3 Å². The molecule has 4 aromatic rings. The fourth-order valence-corrected chi connectivity index (χ4v) is 11.8. The zero-order valence-electron chi connectivity index (χ0n) is 50.1. The molecule has 484 valence electrons. The van der Waals surface area contributed by atoms with Crippen molar-refractivity contribution < 1.29 is 118 Å². The molecule has 0 spiro atoms. The van der Waals surface area contributed by atoms with Crippen molar-refractivity contribution in [1.82, 2.24) is 56.4 Å². The van der Waals surface area contributed by atoms with Crippen LogP contribution in [-0.4, -0.2) is 206 Å². The first-order valence-electron chi connectivity index (χ1n) is 29.2. The summed E-state index contributed by atoms with van der Waals surface area (Å²) in [4.78, 5) is 106. The van der Waals surface area contributed by atoms with Gasteiger partial charge in [0.15, 0.2) is 22.6 Å². The van der Waals surface area contributed by atoms with E-state index in [9.17, 15) is 74.6 Å². The van der Waals surface area contributed by atoms with E-state index in [-0.39, 0.29) is 65.3 Å². The number of benzene rings is 2. The third-order valence-corrected chi connectivity index (χ3v) is 17.0. The molecule has 3 aliphatic rings. The maximum Gasteiger partial charge on any atom is 1.00 e. The van der Waals surface area contributed by atoms with Crippen LogP contribution in [0.3, 0.4) is 0 Å². The third-order valence-electron chi connectivity index (χ3n) is 15.6. The molecule has 90 heavy (non-hydrogen) atoms. The number of aryl methyl sites for hydroxylation is 1. The van der Waals surface area contributed by atoms with Crippen molar-refractivity contribution in [3.63, 3.8) is 0 Å². The van der Waals surface area contributed by atoms with E-state index < -0.39 is 165 Å². The van der Waals surface area contributed by atoms with Crippen LogP contribution in [0.2, 0.25) is 0 Å². The number of β-amino-alcohol motifs (C(OH)–C–C–N with tert-alkyl or cyclic N) is 1. The van der Waals surface area contributed by atoms with E-state index >= 15 is 0 Å². The number of phenolic OH excluding ortho intramolecular Hbond substituents is 1. The van der Waals surface area contributed by atoms with Crippen molar-refractivity contribution in [2.45, 2.75) is 171 Å². The summed E-state index contributed by atoms with van der Waals surface area (Å²) in [5, 5.41) is 118. The number of aromatic nitrogens is 4. The Morgan fingerprint density at radius 2 is 1.48 bits per heavy atom. The van der Waals surface area contributed by atoms with E-state index in [1.165, 1.54) is 75.0 Å². The molecule has 0 aliphatic carbocycles. The topological polar surface area (TPSA) is 426 Å². The van der Waals surface area contributed by atoms with Gasteiger partial charge in [-0.05, 0) is 43.2 Å². The molecule has 3 saturated heterocycles. The quantitative estimate of drug-likeness (QED) is 0.00840. The number of nitrogens with one attached hydrogen (secondary N) is 5. The van der Waals surface area contributed by atoms with E-state index in [4.69, 9.17) is 10.8 Å². The zero-order valence-corrected chi connectivity index (χ0v) is 53.7. The smallest absolute Gasteiger partial charge is 0.691 e. The summed E-state index contributed by atoms with van der Waals surface area (Å²) in [6, 6.07) is -1.82. The summed E-state index contributed by atoms with van der Waals surface area (Å²) < 4.78 is 11.0. The second-order valence-corrected chi connectivity index (χ2v) is 23.8. The Labute approximate surface area is 548 Å². The minimum Gasteiger partial charge on any atom is -0.691 e. The first-order valence-corrected chi connectivity index (χ1v) is 30.7. The fourth-order valence-electron chi connectivity index (χ4n) is 10.8. The van der Waals surface area contributed by atoms with Gasteiger partial charge in [0.1, 0.15) is 41.3 Å². The number of fused-ring (bicyclic) bond motifs is 2. The summed E-state index contributed by atoms with van der Waals surface area (Å²) in [5.41, 5.74) is 1.49. The van der Waals surface area contributed by atoms with Crippen LogP contribution in [0.5, 0.6) is 11.5 Å². The van der Waals surface area contributed by atoms with E-state index in [1.807, 2.05) is 10.9 Å². The number of aliphatic hydroxyl groups excluding tert-OH is 6.